The van der Waals surface area contributed by atoms with Gasteiger partial charge in [-0.2, -0.15) is 0 Å². The summed E-state index contributed by atoms with van der Waals surface area (Å²) >= 11 is 5.15. The molecule has 88 valence electrons. The number of aromatic nitrogens is 2. The van der Waals surface area contributed by atoms with Gasteiger partial charge in [-0.1, -0.05) is 0 Å². The first-order chi connectivity index (χ1) is 8.06. The van der Waals surface area contributed by atoms with Gasteiger partial charge in [0.15, 0.2) is 0 Å². The zero-order chi connectivity index (χ0) is 12.4. The van der Waals surface area contributed by atoms with Gasteiger partial charge in [0.05, 0.1) is 4.47 Å². The molecule has 0 bridgehead atoms. The number of nitrogens with zero attached hydrogens (tertiary/aromatic N) is 2. The summed E-state index contributed by atoms with van der Waals surface area (Å²) in [6.07, 6.45) is 1.82. The Kier molecular flexibility index (Phi) is 3.84. The van der Waals surface area contributed by atoms with Gasteiger partial charge in [0, 0.05) is 11.9 Å². The van der Waals surface area contributed by atoms with E-state index in [2.05, 4.69) is 51.9 Å². The fourth-order valence-electron chi connectivity index (χ4n) is 1.54. The number of pyridine rings is 2. The van der Waals surface area contributed by atoms with Crippen LogP contribution in [0.25, 0.3) is 0 Å². The Labute approximate surface area is 114 Å². The second kappa shape index (κ2) is 5.19. The van der Waals surface area contributed by atoms with Gasteiger partial charge in [-0.15, -0.1) is 0 Å². The van der Waals surface area contributed by atoms with Gasteiger partial charge in [-0.05, 0) is 77.8 Å². The molecule has 0 spiro atoms. The summed E-state index contributed by atoms with van der Waals surface area (Å²) in [5.74, 6) is 0. The lowest BCUT2D eigenvalue weighted by atomic mass is 10.3. The van der Waals surface area contributed by atoms with Crippen LogP contribution in [-0.4, -0.2) is 9.97 Å². The Morgan fingerprint density at radius 3 is 2.65 bits per heavy atom. The van der Waals surface area contributed by atoms with Crippen LogP contribution in [0, 0.1) is 20.8 Å². The first kappa shape index (κ1) is 12.6. The Morgan fingerprint density at radius 1 is 1.18 bits per heavy atom. The average Bonchev–Trinajstić information content (AvgIpc) is 2.23. The smallest absolute Gasteiger partial charge is 0.117 e. The SMILES string of the molecule is Cc1cc(C)nc(Sc2nccc(C)c2Br)c1. The van der Waals surface area contributed by atoms with Crippen LogP contribution >= 0.6 is 27.7 Å². The molecule has 0 aromatic carbocycles. The van der Waals surface area contributed by atoms with Crippen molar-refractivity contribution in [3.8, 4) is 0 Å². The molecular formula is C13H13BrN2S. The molecular weight excluding hydrogens is 296 g/mol. The van der Waals surface area contributed by atoms with Gasteiger partial charge in [-0.3, -0.25) is 0 Å². The van der Waals surface area contributed by atoms with Crippen molar-refractivity contribution in [3.05, 3.63) is 45.7 Å². The third-order valence-electron chi connectivity index (χ3n) is 2.33. The van der Waals surface area contributed by atoms with Crippen molar-refractivity contribution >= 4 is 27.7 Å². The fraction of sp³-hybridized carbons (Fsp3) is 0.231. The lowest BCUT2D eigenvalue weighted by molar-refractivity contribution is 1.03. The fourth-order valence-corrected chi connectivity index (χ4v) is 3.02. The van der Waals surface area contributed by atoms with Gasteiger partial charge < -0.3 is 0 Å². The van der Waals surface area contributed by atoms with E-state index in [1.54, 1.807) is 11.8 Å². The van der Waals surface area contributed by atoms with Crippen molar-refractivity contribution < 1.29 is 0 Å². The maximum atomic E-state index is 4.50. The van der Waals surface area contributed by atoms with Crippen molar-refractivity contribution in [1.82, 2.24) is 9.97 Å². The van der Waals surface area contributed by atoms with Crippen LogP contribution in [0.5, 0.6) is 0 Å². The van der Waals surface area contributed by atoms with E-state index in [0.29, 0.717) is 0 Å². The Morgan fingerprint density at radius 2 is 1.94 bits per heavy atom. The molecule has 0 amide bonds. The second-order valence-corrected chi connectivity index (χ2v) is 5.78. The summed E-state index contributed by atoms with van der Waals surface area (Å²) in [6.45, 7) is 6.15. The van der Waals surface area contributed by atoms with Gasteiger partial charge in [0.25, 0.3) is 0 Å². The van der Waals surface area contributed by atoms with Crippen molar-refractivity contribution in [2.45, 2.75) is 30.8 Å². The van der Waals surface area contributed by atoms with Crippen molar-refractivity contribution in [3.63, 3.8) is 0 Å². The predicted molar refractivity (Wildman–Crippen MR) is 74.5 cm³/mol. The largest absolute Gasteiger partial charge is 0.248 e. The van der Waals surface area contributed by atoms with Crippen LogP contribution in [0.1, 0.15) is 16.8 Å². The van der Waals surface area contributed by atoms with E-state index in [1.165, 1.54) is 11.1 Å². The highest BCUT2D eigenvalue weighted by Crippen LogP contribution is 2.32. The molecule has 0 saturated heterocycles. The second-order valence-electron chi connectivity index (χ2n) is 3.97. The minimum absolute atomic E-state index is 0.961. The van der Waals surface area contributed by atoms with Crippen LogP contribution in [0.2, 0.25) is 0 Å². The third kappa shape index (κ3) is 3.07. The molecule has 2 aromatic heterocycles. The summed E-state index contributed by atoms with van der Waals surface area (Å²) < 4.78 is 1.05. The number of halogens is 1. The van der Waals surface area contributed by atoms with Gasteiger partial charge in [-0.25, -0.2) is 9.97 Å². The molecule has 2 nitrogen and oxygen atoms in total. The minimum atomic E-state index is 0.961. The van der Waals surface area contributed by atoms with Crippen LogP contribution in [-0.2, 0) is 0 Å². The molecule has 0 fully saturated rings. The molecule has 2 aromatic rings. The topological polar surface area (TPSA) is 25.8 Å². The van der Waals surface area contributed by atoms with E-state index in [-0.39, 0.29) is 0 Å². The number of hydrogen-bond donors (Lipinski definition) is 0. The summed E-state index contributed by atoms with van der Waals surface area (Å²) in [5.41, 5.74) is 3.45. The van der Waals surface area contributed by atoms with Gasteiger partial charge >= 0.3 is 0 Å². The maximum Gasteiger partial charge on any atom is 0.117 e. The first-order valence-corrected chi connectivity index (χ1v) is 6.91. The molecule has 2 rings (SSSR count). The van der Waals surface area contributed by atoms with Gasteiger partial charge in [0.2, 0.25) is 0 Å². The Bertz CT molecular complexity index is 535. The standard InChI is InChI=1S/C13H13BrN2S/c1-8-6-10(3)16-11(7-8)17-13-12(14)9(2)4-5-15-13/h4-7H,1-3H3. The first-order valence-electron chi connectivity index (χ1n) is 5.30. The lowest BCUT2D eigenvalue weighted by Gasteiger charge is -2.06. The quantitative estimate of drug-likeness (QED) is 0.826. The molecule has 0 aliphatic carbocycles. The molecule has 0 N–H and O–H groups in total. The Hall–Kier alpha value is -0.870. The molecule has 0 aliphatic rings. The van der Waals surface area contributed by atoms with Crippen LogP contribution in [0.15, 0.2) is 38.9 Å². The molecule has 2 heterocycles. The van der Waals surface area contributed by atoms with E-state index in [4.69, 9.17) is 0 Å². The van der Waals surface area contributed by atoms with E-state index in [0.717, 1.165) is 20.2 Å². The molecule has 0 atom stereocenters. The number of rotatable bonds is 2. The molecule has 0 unspecified atom stereocenters. The number of aryl methyl sites for hydroxylation is 3. The van der Waals surface area contributed by atoms with Crippen molar-refractivity contribution in [2.24, 2.45) is 0 Å². The highest BCUT2D eigenvalue weighted by Gasteiger charge is 2.07. The summed E-state index contributed by atoms with van der Waals surface area (Å²) in [7, 11) is 0. The summed E-state index contributed by atoms with van der Waals surface area (Å²) in [6, 6.07) is 6.14. The van der Waals surface area contributed by atoms with Crippen LogP contribution < -0.4 is 0 Å². The normalized spacial score (nSPS) is 10.6. The third-order valence-corrected chi connectivity index (χ3v) is 4.51. The molecule has 17 heavy (non-hydrogen) atoms. The maximum absolute atomic E-state index is 4.50. The number of hydrogen-bond acceptors (Lipinski definition) is 3. The van der Waals surface area contributed by atoms with E-state index >= 15 is 0 Å². The van der Waals surface area contributed by atoms with E-state index in [1.807, 2.05) is 19.2 Å². The highest BCUT2D eigenvalue weighted by atomic mass is 79.9. The summed E-state index contributed by atoms with van der Waals surface area (Å²) in [5, 5.41) is 1.95. The summed E-state index contributed by atoms with van der Waals surface area (Å²) in [4.78, 5) is 8.87. The van der Waals surface area contributed by atoms with E-state index in [9.17, 15) is 0 Å². The van der Waals surface area contributed by atoms with Crippen LogP contribution in [0.4, 0.5) is 0 Å². The van der Waals surface area contributed by atoms with Crippen LogP contribution in [0.3, 0.4) is 0 Å². The van der Waals surface area contributed by atoms with Crippen molar-refractivity contribution in [1.29, 1.82) is 0 Å². The molecule has 0 aliphatic heterocycles. The highest BCUT2D eigenvalue weighted by molar-refractivity contribution is 9.10. The molecule has 4 heteroatoms. The lowest BCUT2D eigenvalue weighted by Crippen LogP contribution is -1.89. The zero-order valence-corrected chi connectivity index (χ0v) is 12.4. The predicted octanol–water partition coefficient (Wildman–Crippen LogP) is 4.32. The van der Waals surface area contributed by atoms with Crippen molar-refractivity contribution in [2.75, 3.05) is 0 Å². The minimum Gasteiger partial charge on any atom is -0.248 e. The van der Waals surface area contributed by atoms with Gasteiger partial charge in [0.1, 0.15) is 10.1 Å². The van der Waals surface area contributed by atoms with E-state index < -0.39 is 0 Å². The molecule has 0 radical (unpaired) electrons. The average molecular weight is 309 g/mol. The molecule has 0 saturated carbocycles. The monoisotopic (exact) mass is 308 g/mol. The Balaban J connectivity index is 2.34. The zero-order valence-electron chi connectivity index (χ0n) is 9.99.